The van der Waals surface area contributed by atoms with Crippen molar-refractivity contribution in [3.63, 3.8) is 0 Å². The second-order valence-electron chi connectivity index (χ2n) is 7.56. The van der Waals surface area contributed by atoms with Gasteiger partial charge in [-0.15, -0.1) is 6.58 Å². The van der Waals surface area contributed by atoms with E-state index in [4.69, 9.17) is 4.74 Å². The lowest BCUT2D eigenvalue weighted by molar-refractivity contribution is 0.0540. The van der Waals surface area contributed by atoms with E-state index in [1.165, 1.54) is 83.5 Å². The maximum absolute atomic E-state index is 5.48. The standard InChI is InChI=1S/C20H36O/c1-3-4-5-6-17-7-9-18(10-8-17)11-12-19-13-15-20(21-2)16-14-19/h3,17-20H,1,4-16H2,2H3. The van der Waals surface area contributed by atoms with Gasteiger partial charge in [0.15, 0.2) is 0 Å². The molecule has 0 aromatic rings. The van der Waals surface area contributed by atoms with Crippen molar-refractivity contribution in [2.24, 2.45) is 17.8 Å². The number of unbranched alkanes of at least 4 members (excludes halogenated alkanes) is 1. The lowest BCUT2D eigenvalue weighted by Crippen LogP contribution is -2.21. The minimum Gasteiger partial charge on any atom is -0.381 e. The van der Waals surface area contributed by atoms with Gasteiger partial charge in [-0.2, -0.15) is 0 Å². The summed E-state index contributed by atoms with van der Waals surface area (Å²) in [6.45, 7) is 3.83. The molecule has 0 aliphatic heterocycles. The van der Waals surface area contributed by atoms with Gasteiger partial charge in [0.2, 0.25) is 0 Å². The van der Waals surface area contributed by atoms with Gasteiger partial charge in [0.1, 0.15) is 0 Å². The summed E-state index contributed by atoms with van der Waals surface area (Å²) in [5, 5.41) is 0. The first kappa shape index (κ1) is 17.1. The number of rotatable bonds is 8. The van der Waals surface area contributed by atoms with E-state index >= 15 is 0 Å². The summed E-state index contributed by atoms with van der Waals surface area (Å²) in [5.74, 6) is 3.07. The minimum absolute atomic E-state index is 0.562. The highest BCUT2D eigenvalue weighted by Crippen LogP contribution is 2.37. The van der Waals surface area contributed by atoms with Crippen LogP contribution < -0.4 is 0 Å². The fourth-order valence-corrected chi connectivity index (χ4v) is 4.49. The van der Waals surface area contributed by atoms with Crippen LogP contribution in [0.25, 0.3) is 0 Å². The maximum Gasteiger partial charge on any atom is 0.0571 e. The minimum atomic E-state index is 0.562. The topological polar surface area (TPSA) is 9.23 Å². The lowest BCUT2D eigenvalue weighted by Gasteiger charge is -2.31. The molecule has 0 radical (unpaired) electrons. The van der Waals surface area contributed by atoms with Crippen LogP contribution in [0.5, 0.6) is 0 Å². The molecule has 0 heterocycles. The van der Waals surface area contributed by atoms with Crippen molar-refractivity contribution in [1.82, 2.24) is 0 Å². The Balaban J connectivity index is 1.54. The van der Waals surface area contributed by atoms with Crippen LogP contribution in [0.4, 0.5) is 0 Å². The normalized spacial score (nSPS) is 33.8. The van der Waals surface area contributed by atoms with Crippen LogP contribution in [0, 0.1) is 17.8 Å². The molecule has 0 atom stereocenters. The van der Waals surface area contributed by atoms with Crippen molar-refractivity contribution >= 4 is 0 Å². The Bertz CT molecular complexity index is 270. The summed E-state index contributed by atoms with van der Waals surface area (Å²) in [7, 11) is 1.87. The van der Waals surface area contributed by atoms with Crippen LogP contribution in [-0.4, -0.2) is 13.2 Å². The van der Waals surface area contributed by atoms with E-state index < -0.39 is 0 Å². The van der Waals surface area contributed by atoms with Gasteiger partial charge >= 0.3 is 0 Å². The fourth-order valence-electron chi connectivity index (χ4n) is 4.49. The van der Waals surface area contributed by atoms with Gasteiger partial charge in [-0.3, -0.25) is 0 Å². The molecule has 0 saturated heterocycles. The number of hydrogen-bond donors (Lipinski definition) is 0. The maximum atomic E-state index is 5.48. The highest BCUT2D eigenvalue weighted by atomic mass is 16.5. The Morgan fingerprint density at radius 1 is 0.810 bits per heavy atom. The third-order valence-electron chi connectivity index (χ3n) is 6.10. The summed E-state index contributed by atoms with van der Waals surface area (Å²) >= 11 is 0. The molecule has 2 saturated carbocycles. The summed E-state index contributed by atoms with van der Waals surface area (Å²) in [6, 6.07) is 0. The lowest BCUT2D eigenvalue weighted by atomic mass is 9.76. The van der Waals surface area contributed by atoms with E-state index in [1.54, 1.807) is 0 Å². The predicted molar refractivity (Wildman–Crippen MR) is 91.5 cm³/mol. The van der Waals surface area contributed by atoms with E-state index in [-0.39, 0.29) is 0 Å². The van der Waals surface area contributed by atoms with Gasteiger partial charge < -0.3 is 4.74 Å². The highest BCUT2D eigenvalue weighted by Gasteiger charge is 2.24. The molecule has 2 fully saturated rings. The zero-order valence-electron chi connectivity index (χ0n) is 14.2. The van der Waals surface area contributed by atoms with Crippen LogP contribution in [-0.2, 0) is 4.74 Å². The van der Waals surface area contributed by atoms with Crippen LogP contribution >= 0.6 is 0 Å². The summed E-state index contributed by atoms with van der Waals surface area (Å²) < 4.78 is 5.48. The zero-order chi connectivity index (χ0) is 14.9. The van der Waals surface area contributed by atoms with E-state index in [9.17, 15) is 0 Å². The Morgan fingerprint density at radius 2 is 1.29 bits per heavy atom. The summed E-state index contributed by atoms with van der Waals surface area (Å²) in [6.07, 6.45) is 21.1. The molecule has 122 valence electrons. The van der Waals surface area contributed by atoms with Crippen LogP contribution in [0.1, 0.15) is 83.5 Å². The molecule has 0 N–H and O–H groups in total. The quantitative estimate of drug-likeness (QED) is 0.386. The fraction of sp³-hybridized carbons (Fsp3) is 0.900. The number of hydrogen-bond acceptors (Lipinski definition) is 1. The van der Waals surface area contributed by atoms with E-state index in [0.29, 0.717) is 6.10 Å². The Hall–Kier alpha value is -0.300. The van der Waals surface area contributed by atoms with Gasteiger partial charge in [-0.05, 0) is 56.3 Å². The first-order valence-corrected chi connectivity index (χ1v) is 9.45. The number of ether oxygens (including phenoxy) is 1. The molecule has 0 unspecified atom stereocenters. The molecule has 0 spiro atoms. The molecule has 0 bridgehead atoms. The third-order valence-corrected chi connectivity index (χ3v) is 6.10. The molecule has 0 aromatic carbocycles. The van der Waals surface area contributed by atoms with Crippen molar-refractivity contribution in [3.8, 4) is 0 Å². The van der Waals surface area contributed by atoms with E-state index in [1.807, 2.05) is 7.11 Å². The Kier molecular flexibility index (Phi) is 7.85. The van der Waals surface area contributed by atoms with E-state index in [2.05, 4.69) is 12.7 Å². The molecule has 1 heteroatoms. The number of methoxy groups -OCH3 is 1. The van der Waals surface area contributed by atoms with Crippen molar-refractivity contribution in [2.75, 3.05) is 7.11 Å². The average Bonchev–Trinajstić information content (AvgIpc) is 2.55. The molecule has 2 rings (SSSR count). The van der Waals surface area contributed by atoms with Crippen LogP contribution in [0.15, 0.2) is 12.7 Å². The smallest absolute Gasteiger partial charge is 0.0571 e. The van der Waals surface area contributed by atoms with Crippen molar-refractivity contribution in [3.05, 3.63) is 12.7 Å². The summed E-state index contributed by atoms with van der Waals surface area (Å²) in [4.78, 5) is 0. The molecule has 1 nitrogen and oxygen atoms in total. The molecule has 0 amide bonds. The average molecular weight is 293 g/mol. The van der Waals surface area contributed by atoms with Gasteiger partial charge in [0, 0.05) is 7.11 Å². The largest absolute Gasteiger partial charge is 0.381 e. The van der Waals surface area contributed by atoms with Crippen molar-refractivity contribution in [1.29, 1.82) is 0 Å². The van der Waals surface area contributed by atoms with Gasteiger partial charge in [0.25, 0.3) is 0 Å². The predicted octanol–water partition coefficient (Wildman–Crippen LogP) is 6.13. The monoisotopic (exact) mass is 292 g/mol. The van der Waals surface area contributed by atoms with Gasteiger partial charge in [-0.1, -0.05) is 51.0 Å². The first-order valence-electron chi connectivity index (χ1n) is 9.45. The Labute approximate surface area is 132 Å². The molecule has 2 aliphatic rings. The van der Waals surface area contributed by atoms with Crippen LogP contribution in [0.2, 0.25) is 0 Å². The zero-order valence-corrected chi connectivity index (χ0v) is 14.2. The molecule has 2 aliphatic carbocycles. The van der Waals surface area contributed by atoms with Gasteiger partial charge in [-0.25, -0.2) is 0 Å². The molecular formula is C20H36O. The van der Waals surface area contributed by atoms with Crippen molar-refractivity contribution in [2.45, 2.75) is 89.6 Å². The second-order valence-corrected chi connectivity index (χ2v) is 7.56. The van der Waals surface area contributed by atoms with E-state index in [0.717, 1.165) is 17.8 Å². The van der Waals surface area contributed by atoms with Gasteiger partial charge in [0.05, 0.1) is 6.10 Å². The molecule has 21 heavy (non-hydrogen) atoms. The SMILES string of the molecule is C=CCCCC1CCC(CCC2CCC(OC)CC2)CC1. The summed E-state index contributed by atoms with van der Waals surface area (Å²) in [5.41, 5.74) is 0. The number of allylic oxidation sites excluding steroid dienone is 1. The first-order chi connectivity index (χ1) is 10.3. The molecule has 0 aromatic heterocycles. The highest BCUT2D eigenvalue weighted by molar-refractivity contribution is 4.77. The second kappa shape index (κ2) is 9.66. The van der Waals surface area contributed by atoms with Crippen molar-refractivity contribution < 1.29 is 4.74 Å². The van der Waals surface area contributed by atoms with Crippen LogP contribution in [0.3, 0.4) is 0 Å². The molecular weight excluding hydrogens is 256 g/mol. The third kappa shape index (κ3) is 6.14. The Morgan fingerprint density at radius 3 is 1.76 bits per heavy atom.